The minimum atomic E-state index is -0.145. The molecule has 0 aliphatic carbocycles. The number of aromatic hydroxyl groups is 1. The van der Waals surface area contributed by atoms with Gasteiger partial charge in [0.15, 0.2) is 0 Å². The topological polar surface area (TPSA) is 49.3 Å². The number of hydrogen-bond donors (Lipinski definition) is 2. The van der Waals surface area contributed by atoms with E-state index >= 15 is 0 Å². The molecule has 0 radical (unpaired) electrons. The lowest BCUT2D eigenvalue weighted by Crippen LogP contribution is -2.23. The number of amides is 1. The van der Waals surface area contributed by atoms with Gasteiger partial charge in [0.1, 0.15) is 5.75 Å². The molecule has 15 heavy (non-hydrogen) atoms. The number of benzene rings is 1. The maximum atomic E-state index is 11.5. The molecule has 0 atom stereocenters. The van der Waals surface area contributed by atoms with Crippen molar-refractivity contribution in [2.75, 3.05) is 6.54 Å². The number of rotatable bonds is 3. The third kappa shape index (κ3) is 3.74. The number of carbonyl (C=O) groups excluding carboxylic acids is 1. The minimum Gasteiger partial charge on any atom is -0.508 e. The Balaban J connectivity index is 2.46. The van der Waals surface area contributed by atoms with Crippen LogP contribution in [0.15, 0.2) is 24.3 Å². The summed E-state index contributed by atoms with van der Waals surface area (Å²) in [6.45, 7) is 2.31. The first-order valence-corrected chi connectivity index (χ1v) is 4.71. The van der Waals surface area contributed by atoms with Gasteiger partial charge in [-0.2, -0.15) is 0 Å². The Morgan fingerprint density at radius 3 is 2.67 bits per heavy atom. The van der Waals surface area contributed by atoms with E-state index in [2.05, 4.69) is 17.2 Å². The van der Waals surface area contributed by atoms with Gasteiger partial charge in [-0.25, -0.2) is 0 Å². The fourth-order valence-electron chi connectivity index (χ4n) is 1.08. The van der Waals surface area contributed by atoms with Crippen molar-refractivity contribution >= 4 is 5.91 Å². The van der Waals surface area contributed by atoms with Gasteiger partial charge in [-0.15, -0.1) is 11.8 Å². The van der Waals surface area contributed by atoms with Crippen LogP contribution in [0, 0.1) is 11.8 Å². The van der Waals surface area contributed by atoms with Crippen molar-refractivity contribution in [3.05, 3.63) is 29.8 Å². The molecule has 0 aliphatic heterocycles. The van der Waals surface area contributed by atoms with Crippen molar-refractivity contribution < 1.29 is 9.90 Å². The summed E-state index contributed by atoms with van der Waals surface area (Å²) in [7, 11) is 0. The number of phenols is 1. The third-order valence-electron chi connectivity index (χ3n) is 1.84. The van der Waals surface area contributed by atoms with E-state index < -0.39 is 0 Å². The molecule has 0 unspecified atom stereocenters. The zero-order valence-corrected chi connectivity index (χ0v) is 8.58. The molecular weight excluding hydrogens is 190 g/mol. The van der Waals surface area contributed by atoms with Gasteiger partial charge in [0.25, 0.3) is 5.91 Å². The second kappa shape index (κ2) is 5.71. The molecular formula is C12H13NO2. The van der Waals surface area contributed by atoms with Crippen molar-refractivity contribution in [3.8, 4) is 17.6 Å². The van der Waals surface area contributed by atoms with Crippen LogP contribution in [0.3, 0.4) is 0 Å². The average molecular weight is 203 g/mol. The normalized spacial score (nSPS) is 8.87. The summed E-state index contributed by atoms with van der Waals surface area (Å²) in [6.07, 6.45) is 0.653. The van der Waals surface area contributed by atoms with Crippen LogP contribution in [0.5, 0.6) is 5.75 Å². The first kappa shape index (κ1) is 11.1. The highest BCUT2D eigenvalue weighted by molar-refractivity contribution is 5.94. The van der Waals surface area contributed by atoms with Crippen molar-refractivity contribution in [1.29, 1.82) is 0 Å². The molecule has 0 aromatic heterocycles. The fourth-order valence-corrected chi connectivity index (χ4v) is 1.08. The standard InChI is InChI=1S/C12H13NO2/c1-2-3-4-9-13-12(15)10-5-7-11(14)8-6-10/h5-8,14H,4,9H2,1H3,(H,13,15). The lowest BCUT2D eigenvalue weighted by atomic mass is 10.2. The largest absolute Gasteiger partial charge is 0.508 e. The van der Waals surface area contributed by atoms with Crippen LogP contribution in [0.25, 0.3) is 0 Å². The Morgan fingerprint density at radius 2 is 2.07 bits per heavy atom. The lowest BCUT2D eigenvalue weighted by Gasteiger charge is -2.02. The van der Waals surface area contributed by atoms with Crippen molar-refractivity contribution in [1.82, 2.24) is 5.32 Å². The summed E-state index contributed by atoms with van der Waals surface area (Å²) in [5.74, 6) is 5.62. The van der Waals surface area contributed by atoms with Crippen LogP contribution in [-0.4, -0.2) is 17.6 Å². The predicted octanol–water partition coefficient (Wildman–Crippen LogP) is 1.54. The molecule has 78 valence electrons. The quantitative estimate of drug-likeness (QED) is 0.578. The Hall–Kier alpha value is -1.95. The average Bonchev–Trinajstić information content (AvgIpc) is 2.25. The van der Waals surface area contributed by atoms with Gasteiger partial charge in [0, 0.05) is 18.5 Å². The van der Waals surface area contributed by atoms with E-state index in [1.54, 1.807) is 19.1 Å². The molecule has 0 saturated heterocycles. The summed E-state index contributed by atoms with van der Waals surface area (Å²) >= 11 is 0. The molecule has 2 N–H and O–H groups in total. The van der Waals surface area contributed by atoms with Crippen LogP contribution in [0.4, 0.5) is 0 Å². The van der Waals surface area contributed by atoms with E-state index in [1.165, 1.54) is 12.1 Å². The van der Waals surface area contributed by atoms with Gasteiger partial charge in [0.2, 0.25) is 0 Å². The Bertz CT molecular complexity index is 384. The van der Waals surface area contributed by atoms with Crippen LogP contribution in [-0.2, 0) is 0 Å². The molecule has 1 amide bonds. The molecule has 3 nitrogen and oxygen atoms in total. The highest BCUT2D eigenvalue weighted by Crippen LogP contribution is 2.09. The molecule has 0 spiro atoms. The monoisotopic (exact) mass is 203 g/mol. The van der Waals surface area contributed by atoms with E-state index in [9.17, 15) is 4.79 Å². The maximum Gasteiger partial charge on any atom is 0.251 e. The van der Waals surface area contributed by atoms with Crippen LogP contribution in [0.2, 0.25) is 0 Å². The summed E-state index contributed by atoms with van der Waals surface area (Å²) in [4.78, 5) is 11.5. The van der Waals surface area contributed by atoms with Gasteiger partial charge in [-0.3, -0.25) is 4.79 Å². The maximum absolute atomic E-state index is 11.5. The molecule has 1 aromatic rings. The molecule has 0 bridgehead atoms. The fraction of sp³-hybridized carbons (Fsp3) is 0.250. The summed E-state index contributed by atoms with van der Waals surface area (Å²) < 4.78 is 0. The third-order valence-corrected chi connectivity index (χ3v) is 1.84. The van der Waals surface area contributed by atoms with Crippen molar-refractivity contribution in [2.45, 2.75) is 13.3 Å². The second-order valence-corrected chi connectivity index (χ2v) is 2.98. The Kier molecular flexibility index (Phi) is 4.24. The van der Waals surface area contributed by atoms with Crippen molar-refractivity contribution in [3.63, 3.8) is 0 Å². The number of phenolic OH excluding ortho intramolecular Hbond substituents is 1. The first-order chi connectivity index (χ1) is 7.24. The molecule has 0 saturated carbocycles. The smallest absolute Gasteiger partial charge is 0.251 e. The number of carbonyl (C=O) groups is 1. The lowest BCUT2D eigenvalue weighted by molar-refractivity contribution is 0.0954. The molecule has 3 heteroatoms. The van der Waals surface area contributed by atoms with E-state index in [4.69, 9.17) is 5.11 Å². The molecule has 1 rings (SSSR count). The predicted molar refractivity (Wildman–Crippen MR) is 58.5 cm³/mol. The van der Waals surface area contributed by atoms with Crippen molar-refractivity contribution in [2.24, 2.45) is 0 Å². The van der Waals surface area contributed by atoms with Crippen LogP contribution in [0.1, 0.15) is 23.7 Å². The zero-order valence-electron chi connectivity index (χ0n) is 8.58. The van der Waals surface area contributed by atoms with E-state index in [0.29, 0.717) is 18.5 Å². The first-order valence-electron chi connectivity index (χ1n) is 4.71. The molecule has 0 heterocycles. The highest BCUT2D eigenvalue weighted by atomic mass is 16.3. The highest BCUT2D eigenvalue weighted by Gasteiger charge is 2.03. The van der Waals surface area contributed by atoms with Gasteiger partial charge < -0.3 is 10.4 Å². The second-order valence-electron chi connectivity index (χ2n) is 2.98. The van der Waals surface area contributed by atoms with Crippen LogP contribution < -0.4 is 5.32 Å². The minimum absolute atomic E-state index is 0.145. The SMILES string of the molecule is CC#CCCNC(=O)c1ccc(O)cc1. The number of nitrogens with one attached hydrogen (secondary N) is 1. The van der Waals surface area contributed by atoms with Gasteiger partial charge in [-0.05, 0) is 31.2 Å². The van der Waals surface area contributed by atoms with Gasteiger partial charge in [-0.1, -0.05) is 0 Å². The van der Waals surface area contributed by atoms with E-state index in [-0.39, 0.29) is 11.7 Å². The Labute approximate surface area is 89.1 Å². The van der Waals surface area contributed by atoms with E-state index in [0.717, 1.165) is 0 Å². The van der Waals surface area contributed by atoms with Crippen LogP contribution >= 0.6 is 0 Å². The summed E-state index contributed by atoms with van der Waals surface area (Å²) in [5, 5.41) is 11.8. The zero-order chi connectivity index (χ0) is 11.1. The summed E-state index contributed by atoms with van der Waals surface area (Å²) in [6, 6.07) is 6.13. The van der Waals surface area contributed by atoms with Gasteiger partial charge in [0.05, 0.1) is 0 Å². The number of hydrogen-bond acceptors (Lipinski definition) is 2. The molecule has 1 aromatic carbocycles. The molecule has 0 aliphatic rings. The van der Waals surface area contributed by atoms with Gasteiger partial charge >= 0.3 is 0 Å². The Morgan fingerprint density at radius 1 is 1.40 bits per heavy atom. The summed E-state index contributed by atoms with van der Waals surface area (Å²) in [5.41, 5.74) is 0.539. The molecule has 0 fully saturated rings. The van der Waals surface area contributed by atoms with E-state index in [1.807, 2.05) is 0 Å².